The van der Waals surface area contributed by atoms with Gasteiger partial charge in [-0.15, -0.1) is 5.73 Å². The Morgan fingerprint density at radius 3 is 2.17 bits per heavy atom. The molecule has 2 rings (SSSR count). The van der Waals surface area contributed by atoms with E-state index in [4.69, 9.17) is 0 Å². The van der Waals surface area contributed by atoms with E-state index in [1.165, 1.54) is 0 Å². The molecule has 2 nitrogen and oxygen atoms in total. The molecular weight excluding hydrogens is 316 g/mol. The van der Waals surface area contributed by atoms with E-state index in [-0.39, 0.29) is 4.91 Å². The standard InChI is InChI=1S/C21H20O2S/c1-2-20(24(22,23)21-17-11-6-12-18-21)16-10-4-3-7-13-19-14-8-5-9-15-19/h5-6,8-9,11-12,14-15,17-18H,1,3-4,10,16H2. The van der Waals surface area contributed by atoms with Gasteiger partial charge in [0.2, 0.25) is 9.84 Å². The largest absolute Gasteiger partial charge is 0.218 e. The molecule has 24 heavy (non-hydrogen) atoms. The van der Waals surface area contributed by atoms with Crippen LogP contribution in [-0.2, 0) is 9.84 Å². The van der Waals surface area contributed by atoms with Gasteiger partial charge in [-0.25, -0.2) is 8.42 Å². The van der Waals surface area contributed by atoms with Crippen molar-refractivity contribution in [2.45, 2.75) is 30.6 Å². The lowest BCUT2D eigenvalue weighted by molar-refractivity contribution is 0.598. The maximum Gasteiger partial charge on any atom is 0.209 e. The minimum absolute atomic E-state index is 0.254. The fraction of sp³-hybridized carbons (Fsp3) is 0.190. The summed E-state index contributed by atoms with van der Waals surface area (Å²) >= 11 is 0. The van der Waals surface area contributed by atoms with Crippen molar-refractivity contribution in [3.63, 3.8) is 0 Å². The van der Waals surface area contributed by atoms with E-state index >= 15 is 0 Å². The molecule has 0 spiro atoms. The van der Waals surface area contributed by atoms with E-state index in [9.17, 15) is 8.42 Å². The lowest BCUT2D eigenvalue weighted by Crippen LogP contribution is -2.04. The van der Waals surface area contributed by atoms with Crippen molar-refractivity contribution in [1.82, 2.24) is 0 Å². The number of hydrogen-bond acceptors (Lipinski definition) is 2. The van der Waals surface area contributed by atoms with Crippen LogP contribution in [0.1, 0.15) is 31.2 Å². The zero-order valence-corrected chi connectivity index (χ0v) is 14.4. The topological polar surface area (TPSA) is 34.1 Å². The smallest absolute Gasteiger partial charge is 0.209 e. The van der Waals surface area contributed by atoms with Gasteiger partial charge in [0, 0.05) is 12.0 Å². The Balaban J connectivity index is 1.87. The summed E-state index contributed by atoms with van der Waals surface area (Å²) in [4.78, 5) is 0.546. The monoisotopic (exact) mass is 336 g/mol. The summed E-state index contributed by atoms with van der Waals surface area (Å²) < 4.78 is 25.0. The Morgan fingerprint density at radius 1 is 0.917 bits per heavy atom. The molecule has 3 heteroatoms. The van der Waals surface area contributed by atoms with Crippen molar-refractivity contribution < 1.29 is 8.42 Å². The molecule has 0 aliphatic heterocycles. The fourth-order valence-electron chi connectivity index (χ4n) is 2.24. The van der Waals surface area contributed by atoms with Gasteiger partial charge in [-0.2, -0.15) is 0 Å². The first kappa shape index (κ1) is 17.8. The van der Waals surface area contributed by atoms with Crippen molar-refractivity contribution in [2.24, 2.45) is 0 Å². The first-order valence-corrected chi connectivity index (χ1v) is 9.36. The first-order chi connectivity index (χ1) is 11.6. The molecule has 0 saturated carbocycles. The summed E-state index contributed by atoms with van der Waals surface area (Å²) in [5, 5.41) is 0. The van der Waals surface area contributed by atoms with Crippen LogP contribution in [0.4, 0.5) is 0 Å². The second-order valence-electron chi connectivity index (χ2n) is 5.29. The molecule has 0 radical (unpaired) electrons. The Morgan fingerprint density at radius 2 is 1.54 bits per heavy atom. The SMILES string of the molecule is C=C=C(CCCCC#Cc1ccccc1)S(=O)(=O)c1ccccc1. The summed E-state index contributed by atoms with van der Waals surface area (Å²) in [5.41, 5.74) is 3.60. The minimum atomic E-state index is -3.48. The molecule has 0 heterocycles. The van der Waals surface area contributed by atoms with Gasteiger partial charge in [0.15, 0.2) is 0 Å². The lowest BCUT2D eigenvalue weighted by Gasteiger charge is -2.06. The Labute approximate surface area is 144 Å². The van der Waals surface area contributed by atoms with Crippen LogP contribution >= 0.6 is 0 Å². The summed E-state index contributed by atoms with van der Waals surface area (Å²) in [6, 6.07) is 18.2. The number of unbranched alkanes of at least 4 members (excludes halogenated alkanes) is 2. The van der Waals surface area contributed by atoms with Gasteiger partial charge < -0.3 is 0 Å². The van der Waals surface area contributed by atoms with E-state index in [0.717, 1.165) is 24.8 Å². The Bertz CT molecular complexity index is 864. The van der Waals surface area contributed by atoms with Crippen molar-refractivity contribution in [3.8, 4) is 11.8 Å². The number of benzene rings is 2. The number of hydrogen-bond donors (Lipinski definition) is 0. The second kappa shape index (κ2) is 8.93. The lowest BCUT2D eigenvalue weighted by atomic mass is 10.1. The maximum absolute atomic E-state index is 12.5. The van der Waals surface area contributed by atoms with Gasteiger partial charge in [0.1, 0.15) is 0 Å². The van der Waals surface area contributed by atoms with Crippen LogP contribution in [0.5, 0.6) is 0 Å². The van der Waals surface area contributed by atoms with Gasteiger partial charge in [0.05, 0.1) is 9.80 Å². The number of rotatable bonds is 6. The van der Waals surface area contributed by atoms with Crippen LogP contribution in [0, 0.1) is 11.8 Å². The van der Waals surface area contributed by atoms with Crippen LogP contribution in [0.3, 0.4) is 0 Å². The predicted octanol–water partition coefficient (Wildman–Crippen LogP) is 4.74. The molecule has 0 amide bonds. The third-order valence-corrected chi connectivity index (χ3v) is 5.43. The Hall–Kier alpha value is -2.53. The summed E-state index contributed by atoms with van der Waals surface area (Å²) in [6.07, 6.45) is 2.77. The molecule has 0 atom stereocenters. The zero-order chi connectivity index (χ0) is 17.3. The van der Waals surface area contributed by atoms with Crippen LogP contribution in [-0.4, -0.2) is 8.42 Å². The molecule has 122 valence electrons. The van der Waals surface area contributed by atoms with Crippen molar-refractivity contribution in [3.05, 3.63) is 83.4 Å². The van der Waals surface area contributed by atoms with E-state index in [0.29, 0.717) is 11.3 Å². The molecular formula is C21H20O2S. The van der Waals surface area contributed by atoms with Gasteiger partial charge in [-0.1, -0.05) is 54.8 Å². The van der Waals surface area contributed by atoms with Crippen LogP contribution in [0.15, 0.2) is 82.8 Å². The van der Waals surface area contributed by atoms with E-state index in [1.54, 1.807) is 30.3 Å². The van der Waals surface area contributed by atoms with Gasteiger partial charge >= 0.3 is 0 Å². The van der Waals surface area contributed by atoms with Gasteiger partial charge in [-0.3, -0.25) is 0 Å². The highest BCUT2D eigenvalue weighted by Gasteiger charge is 2.19. The highest BCUT2D eigenvalue weighted by atomic mass is 32.2. The number of allylic oxidation sites excluding steroid dienone is 1. The molecule has 0 unspecified atom stereocenters. The molecule has 0 aliphatic rings. The molecule has 0 aromatic heterocycles. The zero-order valence-electron chi connectivity index (χ0n) is 13.5. The summed E-state index contributed by atoms with van der Waals surface area (Å²) in [5.74, 6) is 6.22. The second-order valence-corrected chi connectivity index (χ2v) is 7.26. The van der Waals surface area contributed by atoms with Crippen molar-refractivity contribution >= 4 is 9.84 Å². The van der Waals surface area contributed by atoms with Crippen molar-refractivity contribution in [2.75, 3.05) is 0 Å². The third kappa shape index (κ3) is 4.99. The highest BCUT2D eigenvalue weighted by Crippen LogP contribution is 2.22. The van der Waals surface area contributed by atoms with E-state index < -0.39 is 9.84 Å². The van der Waals surface area contributed by atoms with E-state index in [2.05, 4.69) is 24.2 Å². The van der Waals surface area contributed by atoms with Gasteiger partial charge in [-0.05, 0) is 43.5 Å². The van der Waals surface area contributed by atoms with E-state index in [1.807, 2.05) is 30.3 Å². The average Bonchev–Trinajstić information content (AvgIpc) is 2.62. The van der Waals surface area contributed by atoms with Crippen LogP contribution in [0.2, 0.25) is 0 Å². The molecule has 0 aliphatic carbocycles. The van der Waals surface area contributed by atoms with Crippen LogP contribution < -0.4 is 0 Å². The molecule has 0 saturated heterocycles. The quantitative estimate of drug-likeness (QED) is 0.434. The summed E-state index contributed by atoms with van der Waals surface area (Å²) in [7, 11) is -3.48. The molecule has 0 bridgehead atoms. The average molecular weight is 336 g/mol. The van der Waals surface area contributed by atoms with Gasteiger partial charge in [0.25, 0.3) is 0 Å². The molecule has 2 aromatic carbocycles. The maximum atomic E-state index is 12.5. The van der Waals surface area contributed by atoms with Crippen LogP contribution in [0.25, 0.3) is 0 Å². The highest BCUT2D eigenvalue weighted by molar-refractivity contribution is 7.95. The minimum Gasteiger partial charge on any atom is -0.218 e. The Kier molecular flexibility index (Phi) is 6.63. The molecule has 2 aromatic rings. The van der Waals surface area contributed by atoms with Crippen molar-refractivity contribution in [1.29, 1.82) is 0 Å². The first-order valence-electron chi connectivity index (χ1n) is 7.87. The normalized spacial score (nSPS) is 10.3. The molecule has 0 N–H and O–H groups in total. The number of sulfone groups is 1. The fourth-order valence-corrected chi connectivity index (χ4v) is 3.65. The summed E-state index contributed by atoms with van der Waals surface area (Å²) in [6.45, 7) is 3.54. The molecule has 0 fully saturated rings. The predicted molar refractivity (Wildman–Crippen MR) is 98.1 cm³/mol. The third-order valence-electron chi connectivity index (χ3n) is 3.54.